The van der Waals surface area contributed by atoms with Crippen molar-refractivity contribution >= 4 is 29.1 Å². The first kappa shape index (κ1) is 17.4. The molecule has 0 spiro atoms. The number of rotatable bonds is 6. The number of hydrogen-bond donors (Lipinski definition) is 0. The van der Waals surface area contributed by atoms with Crippen molar-refractivity contribution in [2.75, 3.05) is 20.8 Å². The Morgan fingerprint density at radius 3 is 2.43 bits per heavy atom. The van der Waals surface area contributed by atoms with Crippen molar-refractivity contribution < 1.29 is 14.3 Å². The summed E-state index contributed by atoms with van der Waals surface area (Å²) in [7, 11) is 3.33. The lowest BCUT2D eigenvalue weighted by molar-refractivity contribution is -0.132. The Balaban J connectivity index is 1.91. The summed E-state index contributed by atoms with van der Waals surface area (Å²) in [6.07, 6.45) is 0. The molecule has 0 aromatic heterocycles. The summed E-state index contributed by atoms with van der Waals surface area (Å²) in [5.41, 5.74) is 0.978. The number of halogens is 2. The monoisotopic (exact) mass is 353 g/mol. The Morgan fingerprint density at radius 2 is 1.78 bits per heavy atom. The fourth-order valence-electron chi connectivity index (χ4n) is 2.00. The molecule has 0 bridgehead atoms. The maximum atomic E-state index is 12.1. The predicted octanol–water partition coefficient (Wildman–Crippen LogP) is 4.04. The van der Waals surface area contributed by atoms with Crippen molar-refractivity contribution in [3.05, 3.63) is 58.1 Å². The lowest BCUT2D eigenvalue weighted by atomic mass is 10.2. The summed E-state index contributed by atoms with van der Waals surface area (Å²) < 4.78 is 10.6. The van der Waals surface area contributed by atoms with Crippen molar-refractivity contribution in [2.45, 2.75) is 6.54 Å². The van der Waals surface area contributed by atoms with Crippen molar-refractivity contribution in [3.8, 4) is 11.5 Å². The van der Waals surface area contributed by atoms with E-state index in [4.69, 9.17) is 32.7 Å². The van der Waals surface area contributed by atoms with Crippen LogP contribution in [0, 0.1) is 0 Å². The molecule has 0 N–H and O–H groups in total. The van der Waals surface area contributed by atoms with Crippen molar-refractivity contribution in [1.82, 2.24) is 4.90 Å². The molecule has 2 rings (SSSR count). The van der Waals surface area contributed by atoms with E-state index >= 15 is 0 Å². The van der Waals surface area contributed by atoms with Gasteiger partial charge >= 0.3 is 0 Å². The van der Waals surface area contributed by atoms with Crippen LogP contribution in [-0.2, 0) is 11.3 Å². The molecule has 0 atom stereocenters. The van der Waals surface area contributed by atoms with Crippen LogP contribution >= 0.6 is 23.2 Å². The molecule has 23 heavy (non-hydrogen) atoms. The van der Waals surface area contributed by atoms with Crippen LogP contribution in [0.25, 0.3) is 0 Å². The van der Waals surface area contributed by atoms with Crippen molar-refractivity contribution in [1.29, 1.82) is 0 Å². The zero-order chi connectivity index (χ0) is 16.8. The average Bonchev–Trinajstić information content (AvgIpc) is 2.51. The maximum Gasteiger partial charge on any atom is 0.260 e. The van der Waals surface area contributed by atoms with E-state index in [1.165, 1.54) is 0 Å². The highest BCUT2D eigenvalue weighted by Crippen LogP contribution is 2.24. The Kier molecular flexibility index (Phi) is 6.13. The third kappa shape index (κ3) is 5.34. The van der Waals surface area contributed by atoms with Crippen LogP contribution in [0.15, 0.2) is 42.5 Å². The minimum absolute atomic E-state index is 0.0862. The van der Waals surface area contributed by atoms with Gasteiger partial charge in [0.2, 0.25) is 0 Å². The van der Waals surface area contributed by atoms with Gasteiger partial charge in [-0.05, 0) is 35.9 Å². The molecule has 0 aliphatic heterocycles. The number of benzene rings is 2. The summed E-state index contributed by atoms with van der Waals surface area (Å²) in [5.74, 6) is 1.07. The van der Waals surface area contributed by atoms with Gasteiger partial charge in [0.15, 0.2) is 6.61 Å². The fraction of sp³-hybridized carbons (Fsp3) is 0.235. The third-order valence-electron chi connectivity index (χ3n) is 3.18. The van der Waals surface area contributed by atoms with Crippen molar-refractivity contribution in [2.24, 2.45) is 0 Å². The van der Waals surface area contributed by atoms with E-state index in [0.29, 0.717) is 22.3 Å². The van der Waals surface area contributed by atoms with Crippen LogP contribution < -0.4 is 9.47 Å². The molecule has 122 valence electrons. The highest BCUT2D eigenvalue weighted by molar-refractivity contribution is 6.34. The third-order valence-corrected chi connectivity index (χ3v) is 3.61. The van der Waals surface area contributed by atoms with Crippen LogP contribution in [0.3, 0.4) is 0 Å². The zero-order valence-electron chi connectivity index (χ0n) is 12.9. The van der Waals surface area contributed by atoms with Gasteiger partial charge in [-0.25, -0.2) is 0 Å². The van der Waals surface area contributed by atoms with E-state index in [-0.39, 0.29) is 12.5 Å². The van der Waals surface area contributed by atoms with Gasteiger partial charge in [0.1, 0.15) is 11.5 Å². The van der Waals surface area contributed by atoms with E-state index in [9.17, 15) is 4.79 Å². The molecule has 0 saturated heterocycles. The summed E-state index contributed by atoms with van der Waals surface area (Å²) in [6, 6.07) is 12.4. The van der Waals surface area contributed by atoms with Gasteiger partial charge in [-0.15, -0.1) is 0 Å². The molecular formula is C17H17Cl2NO3. The van der Waals surface area contributed by atoms with Gasteiger partial charge in [0, 0.05) is 23.6 Å². The van der Waals surface area contributed by atoms with Crippen molar-refractivity contribution in [3.63, 3.8) is 0 Å². The minimum atomic E-state index is -0.149. The van der Waals surface area contributed by atoms with Gasteiger partial charge in [-0.1, -0.05) is 35.3 Å². The quantitative estimate of drug-likeness (QED) is 0.786. The van der Waals surface area contributed by atoms with Gasteiger partial charge in [-0.2, -0.15) is 0 Å². The Morgan fingerprint density at radius 1 is 1.09 bits per heavy atom. The molecule has 0 unspecified atom stereocenters. The molecule has 2 aromatic rings. The van der Waals surface area contributed by atoms with E-state index in [2.05, 4.69) is 0 Å². The van der Waals surface area contributed by atoms with Gasteiger partial charge in [0.25, 0.3) is 5.91 Å². The molecule has 0 radical (unpaired) electrons. The van der Waals surface area contributed by atoms with Crippen LogP contribution in [0.2, 0.25) is 10.0 Å². The first-order valence-corrected chi connectivity index (χ1v) is 7.69. The fourth-order valence-corrected chi connectivity index (χ4v) is 2.51. The molecular weight excluding hydrogens is 337 g/mol. The summed E-state index contributed by atoms with van der Waals surface area (Å²) in [6.45, 7) is 0.382. The second-order valence-corrected chi connectivity index (χ2v) is 5.87. The number of amides is 1. The second-order valence-electron chi connectivity index (χ2n) is 5.00. The smallest absolute Gasteiger partial charge is 0.260 e. The van der Waals surface area contributed by atoms with E-state index in [1.54, 1.807) is 37.3 Å². The van der Waals surface area contributed by atoms with E-state index in [0.717, 1.165) is 11.3 Å². The predicted molar refractivity (Wildman–Crippen MR) is 91.4 cm³/mol. The Bertz CT molecular complexity index is 671. The average molecular weight is 354 g/mol. The number of nitrogens with zero attached hydrogens (tertiary/aromatic N) is 1. The topological polar surface area (TPSA) is 38.8 Å². The molecule has 0 heterocycles. The van der Waals surface area contributed by atoms with Gasteiger partial charge in [0.05, 0.1) is 7.11 Å². The van der Waals surface area contributed by atoms with E-state index < -0.39 is 0 Å². The maximum absolute atomic E-state index is 12.1. The number of likely N-dealkylation sites (N-methyl/N-ethyl adjacent to an activating group) is 1. The van der Waals surface area contributed by atoms with Crippen LogP contribution in [-0.4, -0.2) is 31.6 Å². The second kappa shape index (κ2) is 8.09. The highest BCUT2D eigenvalue weighted by Gasteiger charge is 2.11. The molecule has 6 heteroatoms. The van der Waals surface area contributed by atoms with Crippen LogP contribution in [0.4, 0.5) is 0 Å². The molecule has 0 aliphatic rings. The normalized spacial score (nSPS) is 10.3. The lowest BCUT2D eigenvalue weighted by Gasteiger charge is -2.18. The number of carbonyl (C=O) groups is 1. The summed E-state index contributed by atoms with van der Waals surface area (Å²) in [4.78, 5) is 13.7. The highest BCUT2D eigenvalue weighted by atomic mass is 35.5. The Labute approximate surface area is 145 Å². The molecule has 0 aliphatic carbocycles. The summed E-state index contributed by atoms with van der Waals surface area (Å²) in [5, 5.41) is 0.925. The summed E-state index contributed by atoms with van der Waals surface area (Å²) >= 11 is 11.8. The van der Waals surface area contributed by atoms with E-state index in [1.807, 2.05) is 24.3 Å². The molecule has 1 amide bonds. The molecule has 4 nitrogen and oxygen atoms in total. The molecule has 0 fully saturated rings. The number of ether oxygens (including phenoxy) is 2. The number of carbonyl (C=O) groups excluding carboxylic acids is 1. The van der Waals surface area contributed by atoms with Gasteiger partial charge < -0.3 is 14.4 Å². The minimum Gasteiger partial charge on any atom is -0.497 e. The number of hydrogen-bond acceptors (Lipinski definition) is 3. The first-order chi connectivity index (χ1) is 11.0. The molecule has 2 aromatic carbocycles. The standard InChI is InChI=1S/C17H17Cl2NO3/c1-20(10-12-4-3-5-15(6-12)22-2)17(21)11-23-16-8-13(18)7-14(19)9-16/h3-9H,10-11H2,1-2H3. The van der Waals surface area contributed by atoms with Crippen LogP contribution in [0.1, 0.15) is 5.56 Å². The Hall–Kier alpha value is -1.91. The SMILES string of the molecule is COc1cccc(CN(C)C(=O)COc2cc(Cl)cc(Cl)c2)c1. The molecule has 0 saturated carbocycles. The lowest BCUT2D eigenvalue weighted by Crippen LogP contribution is -2.30. The van der Waals surface area contributed by atoms with Gasteiger partial charge in [-0.3, -0.25) is 4.79 Å². The van der Waals surface area contributed by atoms with Crippen LogP contribution in [0.5, 0.6) is 11.5 Å². The zero-order valence-corrected chi connectivity index (χ0v) is 14.4. The largest absolute Gasteiger partial charge is 0.497 e. The number of methoxy groups -OCH3 is 1. The first-order valence-electron chi connectivity index (χ1n) is 6.93.